The van der Waals surface area contributed by atoms with Gasteiger partial charge in [-0.15, -0.1) is 0 Å². The maximum Gasteiger partial charge on any atom is 0.169 e. The minimum atomic E-state index is -0.638. The van der Waals surface area contributed by atoms with E-state index in [-0.39, 0.29) is 5.78 Å². The highest BCUT2D eigenvalue weighted by Crippen LogP contribution is 2.36. The van der Waals surface area contributed by atoms with Gasteiger partial charge < -0.3 is 4.74 Å². The Hall–Kier alpha value is -0.570. The monoisotopic (exact) mass is 314 g/mol. The van der Waals surface area contributed by atoms with Crippen LogP contribution >= 0.6 is 23.2 Å². The third-order valence-corrected chi connectivity index (χ3v) is 4.81. The molecule has 0 aromatic heterocycles. The van der Waals surface area contributed by atoms with Crippen molar-refractivity contribution in [1.29, 1.82) is 0 Å². The van der Waals surface area contributed by atoms with E-state index in [1.165, 1.54) is 6.42 Å². The molecule has 0 aliphatic heterocycles. The maximum absolute atomic E-state index is 12.7. The minimum Gasteiger partial charge on any atom is -0.370 e. The van der Waals surface area contributed by atoms with Gasteiger partial charge in [0, 0.05) is 23.6 Å². The number of methoxy groups -OCH3 is 1. The first kappa shape index (κ1) is 15.8. The molecule has 0 heterocycles. The summed E-state index contributed by atoms with van der Waals surface area (Å²) in [5.41, 5.74) is 0.177. The fraction of sp³-hybridized carbons (Fsp3) is 0.562. The largest absolute Gasteiger partial charge is 0.370 e. The van der Waals surface area contributed by atoms with Crippen molar-refractivity contribution in [1.82, 2.24) is 0 Å². The van der Waals surface area contributed by atoms with Crippen LogP contribution in [0, 0.1) is 5.92 Å². The van der Waals surface area contributed by atoms with Gasteiger partial charge in [-0.25, -0.2) is 0 Å². The summed E-state index contributed by atoms with van der Waals surface area (Å²) in [6.07, 6.45) is 4.11. The van der Waals surface area contributed by atoms with Crippen molar-refractivity contribution >= 4 is 29.0 Å². The molecule has 1 fully saturated rings. The number of ether oxygens (including phenoxy) is 1. The van der Waals surface area contributed by atoms with Crippen molar-refractivity contribution in [2.75, 3.05) is 7.11 Å². The van der Waals surface area contributed by atoms with Crippen molar-refractivity contribution in [3.8, 4) is 0 Å². The number of rotatable bonds is 4. The van der Waals surface area contributed by atoms with Crippen LogP contribution in [0.3, 0.4) is 0 Å². The standard InChI is InChI=1S/C16H20Cl2O2/c1-11-4-3-7-16(10-11,20-2)15(19)8-12-5-6-13(17)9-14(12)18/h5-6,9,11H,3-4,7-8,10H2,1-2H3. The number of benzene rings is 1. The number of hydrogen-bond acceptors (Lipinski definition) is 2. The Labute approximate surface area is 130 Å². The fourth-order valence-electron chi connectivity index (χ4n) is 3.05. The summed E-state index contributed by atoms with van der Waals surface area (Å²) < 4.78 is 5.63. The van der Waals surface area contributed by atoms with Crippen molar-refractivity contribution in [2.24, 2.45) is 5.92 Å². The lowest BCUT2D eigenvalue weighted by atomic mass is 9.75. The molecule has 2 unspecified atom stereocenters. The molecule has 1 aromatic carbocycles. The van der Waals surface area contributed by atoms with Crippen LogP contribution in [0.5, 0.6) is 0 Å². The number of halogens is 2. The summed E-state index contributed by atoms with van der Waals surface area (Å²) in [5.74, 6) is 0.643. The van der Waals surface area contributed by atoms with E-state index in [0.29, 0.717) is 22.4 Å². The zero-order valence-electron chi connectivity index (χ0n) is 11.9. The average Bonchev–Trinajstić information content (AvgIpc) is 2.41. The molecule has 0 bridgehead atoms. The van der Waals surface area contributed by atoms with Crippen LogP contribution < -0.4 is 0 Å². The summed E-state index contributed by atoms with van der Waals surface area (Å²) in [7, 11) is 1.64. The molecule has 1 saturated carbocycles. The lowest BCUT2D eigenvalue weighted by Gasteiger charge is -2.37. The molecule has 20 heavy (non-hydrogen) atoms. The van der Waals surface area contributed by atoms with Gasteiger partial charge in [0.2, 0.25) is 0 Å². The van der Waals surface area contributed by atoms with E-state index in [4.69, 9.17) is 27.9 Å². The molecule has 1 aromatic rings. The number of hydrogen-bond donors (Lipinski definition) is 0. The molecule has 0 radical (unpaired) electrons. The third kappa shape index (κ3) is 3.36. The Kier molecular flexibility index (Phi) is 5.11. The number of carbonyl (C=O) groups is 1. The zero-order chi connectivity index (χ0) is 14.8. The lowest BCUT2D eigenvalue weighted by molar-refractivity contribution is -0.146. The van der Waals surface area contributed by atoms with Crippen LogP contribution in [0.25, 0.3) is 0 Å². The summed E-state index contributed by atoms with van der Waals surface area (Å²) >= 11 is 12.0. The predicted molar refractivity (Wildman–Crippen MR) is 82.5 cm³/mol. The van der Waals surface area contributed by atoms with Crippen molar-refractivity contribution in [3.63, 3.8) is 0 Å². The summed E-state index contributed by atoms with van der Waals surface area (Å²) in [4.78, 5) is 12.7. The van der Waals surface area contributed by atoms with E-state index in [1.807, 2.05) is 6.07 Å². The molecule has 0 amide bonds. The predicted octanol–water partition coefficient (Wildman–Crippen LogP) is 4.70. The Morgan fingerprint density at radius 2 is 2.20 bits per heavy atom. The van der Waals surface area contributed by atoms with Crippen molar-refractivity contribution in [2.45, 2.75) is 44.6 Å². The Morgan fingerprint density at radius 1 is 1.45 bits per heavy atom. The molecule has 110 valence electrons. The maximum atomic E-state index is 12.7. The highest BCUT2D eigenvalue weighted by molar-refractivity contribution is 6.35. The lowest BCUT2D eigenvalue weighted by Crippen LogP contribution is -2.45. The highest BCUT2D eigenvalue weighted by Gasteiger charge is 2.41. The first-order chi connectivity index (χ1) is 9.47. The molecule has 2 atom stereocenters. The summed E-state index contributed by atoms with van der Waals surface area (Å²) in [5, 5.41) is 1.12. The second kappa shape index (κ2) is 6.46. The van der Waals surface area contributed by atoms with Gasteiger partial charge in [0.15, 0.2) is 5.78 Å². The molecule has 0 spiro atoms. The number of ketones is 1. The number of carbonyl (C=O) groups excluding carboxylic acids is 1. The van der Waals surface area contributed by atoms with E-state index in [0.717, 1.165) is 24.8 Å². The molecular formula is C16H20Cl2O2. The van der Waals surface area contributed by atoms with E-state index < -0.39 is 5.60 Å². The van der Waals surface area contributed by atoms with Gasteiger partial charge in [0.25, 0.3) is 0 Å². The summed E-state index contributed by atoms with van der Waals surface area (Å²) in [6, 6.07) is 5.26. The smallest absolute Gasteiger partial charge is 0.169 e. The summed E-state index contributed by atoms with van der Waals surface area (Å²) in [6.45, 7) is 2.18. The molecule has 1 aliphatic rings. The average molecular weight is 315 g/mol. The molecule has 1 aliphatic carbocycles. The van der Waals surface area contributed by atoms with Crippen molar-refractivity contribution < 1.29 is 9.53 Å². The van der Waals surface area contributed by atoms with Gasteiger partial charge in [-0.3, -0.25) is 4.79 Å². The molecule has 0 N–H and O–H groups in total. The number of Topliss-reactive ketones (excluding diaryl/α,β-unsaturated/α-hetero) is 1. The van der Waals surface area contributed by atoms with E-state index >= 15 is 0 Å². The zero-order valence-corrected chi connectivity index (χ0v) is 13.4. The normalized spacial score (nSPS) is 26.5. The topological polar surface area (TPSA) is 26.3 Å². The van der Waals surface area contributed by atoms with E-state index in [2.05, 4.69) is 6.92 Å². The minimum absolute atomic E-state index is 0.121. The third-order valence-electron chi connectivity index (χ3n) is 4.22. The van der Waals surface area contributed by atoms with Crippen LogP contribution in [-0.2, 0) is 16.0 Å². The molecule has 0 saturated heterocycles. The Morgan fingerprint density at radius 3 is 2.80 bits per heavy atom. The Balaban J connectivity index is 2.17. The quantitative estimate of drug-likeness (QED) is 0.805. The van der Waals surface area contributed by atoms with Crippen molar-refractivity contribution in [3.05, 3.63) is 33.8 Å². The highest BCUT2D eigenvalue weighted by atomic mass is 35.5. The van der Waals surface area contributed by atoms with Crippen LogP contribution in [0.1, 0.15) is 38.2 Å². The van der Waals surface area contributed by atoms with E-state index in [1.54, 1.807) is 19.2 Å². The van der Waals surface area contributed by atoms with Crippen LogP contribution in [-0.4, -0.2) is 18.5 Å². The first-order valence-electron chi connectivity index (χ1n) is 6.99. The molecule has 2 rings (SSSR count). The first-order valence-corrected chi connectivity index (χ1v) is 7.75. The van der Waals surface area contributed by atoms with Gasteiger partial charge in [-0.05, 0) is 42.9 Å². The fourth-order valence-corrected chi connectivity index (χ4v) is 3.53. The second-order valence-electron chi connectivity index (χ2n) is 5.74. The van der Waals surface area contributed by atoms with Crippen LogP contribution in [0.15, 0.2) is 18.2 Å². The van der Waals surface area contributed by atoms with Crippen LogP contribution in [0.4, 0.5) is 0 Å². The molecule has 4 heteroatoms. The van der Waals surface area contributed by atoms with Gasteiger partial charge in [-0.2, -0.15) is 0 Å². The molecular weight excluding hydrogens is 295 g/mol. The van der Waals surface area contributed by atoms with E-state index in [9.17, 15) is 4.79 Å². The second-order valence-corrected chi connectivity index (χ2v) is 6.58. The van der Waals surface area contributed by atoms with Crippen LogP contribution in [0.2, 0.25) is 10.0 Å². The molecule has 2 nitrogen and oxygen atoms in total. The Bertz CT molecular complexity index is 501. The SMILES string of the molecule is COC1(C(=O)Cc2ccc(Cl)cc2Cl)CCCC(C)C1. The van der Waals surface area contributed by atoms with Gasteiger partial charge in [-0.1, -0.05) is 42.6 Å². The van der Waals surface area contributed by atoms with Gasteiger partial charge >= 0.3 is 0 Å². The van der Waals surface area contributed by atoms with Gasteiger partial charge in [0.1, 0.15) is 5.60 Å². The van der Waals surface area contributed by atoms with Gasteiger partial charge in [0.05, 0.1) is 0 Å².